The van der Waals surface area contributed by atoms with Crippen LogP contribution >= 0.6 is 0 Å². The zero-order valence-electron chi connectivity index (χ0n) is 20.7. The summed E-state index contributed by atoms with van der Waals surface area (Å²) in [5, 5.41) is 2.62. The summed E-state index contributed by atoms with van der Waals surface area (Å²) in [5.74, 6) is 0.957. The molecule has 0 aliphatic heterocycles. The van der Waals surface area contributed by atoms with E-state index in [9.17, 15) is 0 Å². The van der Waals surface area contributed by atoms with Crippen molar-refractivity contribution in [3.8, 4) is 16.8 Å². The highest BCUT2D eigenvalue weighted by molar-refractivity contribution is 6.08. The van der Waals surface area contributed by atoms with Gasteiger partial charge in [0.15, 0.2) is 30.6 Å². The number of aromatic amines is 1. The maximum atomic E-state index is 4.69. The number of rotatable bonds is 5. The molecule has 0 fully saturated rings. The molecular weight excluding hydrogens is 478 g/mol. The van der Waals surface area contributed by atoms with Gasteiger partial charge in [-0.2, -0.15) is 9.13 Å². The summed E-state index contributed by atoms with van der Waals surface area (Å²) in [4.78, 5) is 8.09. The van der Waals surface area contributed by atoms with Crippen molar-refractivity contribution >= 4 is 32.8 Å². The summed E-state index contributed by atoms with van der Waals surface area (Å²) in [6.45, 7) is 3.86. The van der Waals surface area contributed by atoms with Gasteiger partial charge < -0.3 is 9.55 Å². The van der Waals surface area contributed by atoms with Crippen LogP contribution in [0, 0.1) is 0 Å². The van der Waals surface area contributed by atoms with Crippen molar-refractivity contribution in [3.63, 3.8) is 0 Å². The minimum atomic E-state index is 0. The summed E-state index contributed by atoms with van der Waals surface area (Å²) in [6, 6.07) is 32.2. The lowest BCUT2D eigenvalue weighted by molar-refractivity contribution is -0.689. The molecule has 7 aromatic rings. The van der Waals surface area contributed by atoms with E-state index in [0.717, 1.165) is 29.1 Å². The number of pyridine rings is 2. The number of aryl methyl sites for hydroxylation is 1. The lowest BCUT2D eigenvalue weighted by Gasteiger charge is -2.04. The maximum absolute atomic E-state index is 4.69. The number of imidazole rings is 1. The predicted molar refractivity (Wildman–Crippen MR) is 161 cm³/mol. The van der Waals surface area contributed by atoms with Crippen molar-refractivity contribution in [1.82, 2.24) is 14.5 Å². The van der Waals surface area contributed by atoms with Gasteiger partial charge in [0.2, 0.25) is 12.2 Å². The van der Waals surface area contributed by atoms with Crippen molar-refractivity contribution in [3.05, 3.63) is 122 Å². The van der Waals surface area contributed by atoms with Gasteiger partial charge in [-0.05, 0) is 42.3 Å². The van der Waals surface area contributed by atoms with Crippen LogP contribution in [0.5, 0.6) is 0 Å². The van der Waals surface area contributed by atoms with Gasteiger partial charge in [-0.3, -0.25) is 0 Å². The standard InChI is InChI=1S/C32H26N5.2CH4/c1-2-37-30-10-6-3-7-26(30)27-12-11-25(21-31(27)37)36-19-15-24(16-20-36)23-13-17-35(18-14-23)22-32-33-28-8-4-5-9-29(28)34-32;;/h3-21H,2,22H2,1H3;2*1H4/q+1;;/p+1. The zero-order valence-corrected chi connectivity index (χ0v) is 20.7. The number of hydrogen-bond acceptors (Lipinski definition) is 1. The lowest BCUT2D eigenvalue weighted by atomic mass is 10.1. The third-order valence-corrected chi connectivity index (χ3v) is 7.20. The van der Waals surface area contributed by atoms with E-state index in [-0.39, 0.29) is 14.9 Å². The van der Waals surface area contributed by atoms with Gasteiger partial charge >= 0.3 is 0 Å². The second kappa shape index (κ2) is 10.5. The molecule has 0 amide bonds. The summed E-state index contributed by atoms with van der Waals surface area (Å²) < 4.78 is 6.73. The molecule has 0 unspecified atom stereocenters. The molecule has 0 atom stereocenters. The van der Waals surface area contributed by atoms with Crippen LogP contribution in [-0.2, 0) is 13.1 Å². The second-order valence-electron chi connectivity index (χ2n) is 9.42. The molecule has 5 nitrogen and oxygen atoms in total. The van der Waals surface area contributed by atoms with Crippen LogP contribution in [0.2, 0.25) is 0 Å². The number of nitrogens with zero attached hydrogens (tertiary/aromatic N) is 4. The molecule has 194 valence electrons. The van der Waals surface area contributed by atoms with E-state index in [1.54, 1.807) is 0 Å². The Labute approximate surface area is 229 Å². The van der Waals surface area contributed by atoms with Crippen LogP contribution in [0.15, 0.2) is 116 Å². The highest BCUT2D eigenvalue weighted by atomic mass is 15.0. The third-order valence-electron chi connectivity index (χ3n) is 7.20. The number of hydrogen-bond donors (Lipinski definition) is 1. The van der Waals surface area contributed by atoms with Crippen LogP contribution in [0.4, 0.5) is 0 Å². The van der Waals surface area contributed by atoms with E-state index in [0.29, 0.717) is 6.54 Å². The van der Waals surface area contributed by atoms with Gasteiger partial charge in [0.05, 0.1) is 16.6 Å². The normalized spacial score (nSPS) is 11.0. The molecule has 7 rings (SSSR count). The Kier molecular flexibility index (Phi) is 6.99. The van der Waals surface area contributed by atoms with E-state index in [4.69, 9.17) is 0 Å². The van der Waals surface area contributed by atoms with E-state index in [2.05, 4.69) is 128 Å². The Morgan fingerprint density at radius 3 is 2.13 bits per heavy atom. The molecule has 0 saturated heterocycles. The number of fused-ring (bicyclic) bond motifs is 4. The van der Waals surface area contributed by atoms with Crippen LogP contribution in [0.1, 0.15) is 27.6 Å². The molecule has 0 saturated carbocycles. The summed E-state index contributed by atoms with van der Waals surface area (Å²) >= 11 is 0. The minimum Gasteiger partial charge on any atom is -0.341 e. The first-order valence-electron chi connectivity index (χ1n) is 12.7. The average molecular weight is 514 g/mol. The molecule has 4 aromatic heterocycles. The first-order valence-corrected chi connectivity index (χ1v) is 12.7. The number of para-hydroxylation sites is 3. The van der Waals surface area contributed by atoms with E-state index in [1.165, 1.54) is 32.9 Å². The molecule has 1 N–H and O–H groups in total. The number of aromatic nitrogens is 5. The van der Waals surface area contributed by atoms with Crippen molar-refractivity contribution in [2.45, 2.75) is 34.9 Å². The average Bonchev–Trinajstić information content (AvgIpc) is 3.51. The second-order valence-corrected chi connectivity index (χ2v) is 9.42. The Morgan fingerprint density at radius 2 is 1.38 bits per heavy atom. The molecule has 39 heavy (non-hydrogen) atoms. The van der Waals surface area contributed by atoms with E-state index < -0.39 is 0 Å². The summed E-state index contributed by atoms with van der Waals surface area (Å²) in [6.07, 6.45) is 8.51. The summed E-state index contributed by atoms with van der Waals surface area (Å²) in [5.41, 5.74) is 8.18. The van der Waals surface area contributed by atoms with Gasteiger partial charge in [-0.1, -0.05) is 45.2 Å². The van der Waals surface area contributed by atoms with Crippen LogP contribution in [-0.4, -0.2) is 14.5 Å². The molecule has 0 bridgehead atoms. The van der Waals surface area contributed by atoms with Crippen LogP contribution in [0.25, 0.3) is 49.7 Å². The Morgan fingerprint density at radius 1 is 0.718 bits per heavy atom. The first kappa shape index (κ1) is 25.9. The third kappa shape index (κ3) is 4.57. The topological polar surface area (TPSA) is 41.4 Å². The van der Waals surface area contributed by atoms with Gasteiger partial charge in [-0.25, -0.2) is 4.98 Å². The van der Waals surface area contributed by atoms with Crippen molar-refractivity contribution in [2.24, 2.45) is 0 Å². The maximum Gasteiger partial charge on any atom is 0.212 e. The number of benzene rings is 3. The highest BCUT2D eigenvalue weighted by Gasteiger charge is 2.14. The molecule has 3 aromatic carbocycles. The molecule has 0 aliphatic rings. The fourth-order valence-corrected chi connectivity index (χ4v) is 5.34. The largest absolute Gasteiger partial charge is 0.341 e. The lowest BCUT2D eigenvalue weighted by Crippen LogP contribution is -2.33. The van der Waals surface area contributed by atoms with Crippen LogP contribution in [0.3, 0.4) is 0 Å². The predicted octanol–water partition coefficient (Wildman–Crippen LogP) is 7.24. The minimum absolute atomic E-state index is 0. The SMILES string of the molecule is C.C.CCn1c2ccccc2c2ccc(-[n+]3ccc(-c4cc[n+](Cc5nc6ccccc6[nH]5)cc4)cc3)cc21. The van der Waals surface area contributed by atoms with Crippen molar-refractivity contribution in [1.29, 1.82) is 0 Å². The van der Waals surface area contributed by atoms with Crippen molar-refractivity contribution < 1.29 is 9.13 Å². The molecule has 0 spiro atoms. The summed E-state index contributed by atoms with van der Waals surface area (Å²) in [7, 11) is 0. The van der Waals surface area contributed by atoms with E-state index >= 15 is 0 Å². The molecule has 4 heterocycles. The quantitative estimate of drug-likeness (QED) is 0.242. The fraction of sp³-hybridized carbons (Fsp3) is 0.147. The van der Waals surface area contributed by atoms with Crippen LogP contribution < -0.4 is 9.13 Å². The van der Waals surface area contributed by atoms with Crippen molar-refractivity contribution in [2.75, 3.05) is 0 Å². The Balaban J connectivity index is 0.00000154. The molecular formula is C34H35N5+2. The number of nitrogens with one attached hydrogen (secondary N) is 1. The first-order chi connectivity index (χ1) is 18.3. The smallest absolute Gasteiger partial charge is 0.212 e. The van der Waals surface area contributed by atoms with Gasteiger partial charge in [0.1, 0.15) is 0 Å². The van der Waals surface area contributed by atoms with Gasteiger partial charge in [0, 0.05) is 59.2 Å². The van der Waals surface area contributed by atoms with E-state index in [1.807, 2.05) is 18.2 Å². The monoisotopic (exact) mass is 513 g/mol. The number of H-pyrrole nitrogens is 1. The Hall–Kier alpha value is -4.77. The molecule has 0 radical (unpaired) electrons. The van der Waals surface area contributed by atoms with Gasteiger partial charge in [-0.15, -0.1) is 0 Å². The zero-order chi connectivity index (χ0) is 24.8. The highest BCUT2D eigenvalue weighted by Crippen LogP contribution is 2.29. The van der Waals surface area contributed by atoms with Gasteiger partial charge in [0.25, 0.3) is 0 Å². The Bertz CT molecular complexity index is 1840. The fourth-order valence-electron chi connectivity index (χ4n) is 5.34. The molecule has 0 aliphatic carbocycles. The molecule has 5 heteroatoms.